The van der Waals surface area contributed by atoms with Gasteiger partial charge in [-0.25, -0.2) is 0 Å². The van der Waals surface area contributed by atoms with Crippen molar-refractivity contribution in [3.63, 3.8) is 0 Å². The van der Waals surface area contributed by atoms with Crippen LogP contribution in [-0.2, 0) is 23.9 Å². The van der Waals surface area contributed by atoms with Crippen molar-refractivity contribution in [3.05, 3.63) is 55.1 Å². The lowest BCUT2D eigenvalue weighted by Gasteiger charge is -2.40. The quantitative estimate of drug-likeness (QED) is 0.355. The summed E-state index contributed by atoms with van der Waals surface area (Å²) in [5.74, 6) is -2.88. The third-order valence-electron chi connectivity index (χ3n) is 9.33. The second-order valence-electron chi connectivity index (χ2n) is 11.6. The topological polar surface area (TPSA) is 96.4 Å². The van der Waals surface area contributed by atoms with Gasteiger partial charge in [0.15, 0.2) is 0 Å². The monoisotopic (exact) mass is 548 g/mol. The van der Waals surface area contributed by atoms with E-state index in [1.807, 2.05) is 63.2 Å². The second kappa shape index (κ2) is 10.6. The van der Waals surface area contributed by atoms with Crippen molar-refractivity contribution in [2.75, 3.05) is 24.7 Å². The number of rotatable bonds is 10. The number of carbonyl (C=O) groups is 3. The first-order chi connectivity index (χ1) is 19.2. The number of carbonyl (C=O) groups excluding carboxylic acids is 3. The Hall–Kier alpha value is -3.23. The zero-order valence-corrected chi connectivity index (χ0v) is 23.8. The molecule has 5 rings (SSSR count). The summed E-state index contributed by atoms with van der Waals surface area (Å²) in [4.78, 5) is 45.8. The summed E-state index contributed by atoms with van der Waals surface area (Å²) in [7, 11) is 0. The number of hydrogen-bond acceptors (Lipinski definition) is 6. The van der Waals surface area contributed by atoms with Gasteiger partial charge in [-0.05, 0) is 55.0 Å². The molecule has 0 aliphatic carbocycles. The summed E-state index contributed by atoms with van der Waals surface area (Å²) >= 11 is 0. The van der Waals surface area contributed by atoms with Gasteiger partial charge >= 0.3 is 5.97 Å². The number of anilines is 1. The molecule has 8 nitrogen and oxygen atoms in total. The maximum atomic E-state index is 14.8. The first-order valence-corrected chi connectivity index (χ1v) is 14.4. The Balaban J connectivity index is 1.66. The van der Waals surface area contributed by atoms with Crippen LogP contribution in [0.15, 0.2) is 55.1 Å². The number of nitrogens with zero attached hydrogens (tertiary/aromatic N) is 2. The predicted molar refractivity (Wildman–Crippen MR) is 153 cm³/mol. The molecule has 8 heteroatoms. The van der Waals surface area contributed by atoms with Gasteiger partial charge in [-0.3, -0.25) is 14.4 Å². The molecule has 6 atom stereocenters. The van der Waals surface area contributed by atoms with Crippen molar-refractivity contribution >= 4 is 34.2 Å². The van der Waals surface area contributed by atoms with Crippen molar-refractivity contribution in [3.8, 4) is 0 Å². The van der Waals surface area contributed by atoms with E-state index in [9.17, 15) is 19.5 Å². The summed E-state index contributed by atoms with van der Waals surface area (Å²) in [6, 6.07) is 12.1. The van der Waals surface area contributed by atoms with Gasteiger partial charge in [0.05, 0.1) is 30.8 Å². The fraction of sp³-hybridized carbons (Fsp3) is 0.531. The lowest BCUT2D eigenvalue weighted by Crippen LogP contribution is -2.60. The van der Waals surface area contributed by atoms with E-state index in [0.717, 1.165) is 10.8 Å². The number of esters is 1. The van der Waals surface area contributed by atoms with Crippen LogP contribution in [0.25, 0.3) is 10.8 Å². The Morgan fingerprint density at radius 2 is 1.93 bits per heavy atom. The van der Waals surface area contributed by atoms with Crippen molar-refractivity contribution in [1.82, 2.24) is 4.90 Å². The van der Waals surface area contributed by atoms with Gasteiger partial charge in [0.2, 0.25) is 5.91 Å². The zero-order chi connectivity index (χ0) is 28.8. The average molecular weight is 549 g/mol. The molecule has 3 fully saturated rings. The summed E-state index contributed by atoms with van der Waals surface area (Å²) in [5.41, 5.74) is -1.38. The van der Waals surface area contributed by atoms with Crippen LogP contribution in [0.3, 0.4) is 0 Å². The SMILES string of the molecule is C=CCN(C(=O)C1N([C@@H](CO)C(C)C)C(=O)[C@@H]2[C@H](C(=O)OCC)[C@]3(CC)CCC12O3)c1ccc2ccccc2c1. The third-order valence-corrected chi connectivity index (χ3v) is 9.33. The fourth-order valence-corrected chi connectivity index (χ4v) is 7.45. The standard InChI is InChI=1S/C32H40N2O6/c1-6-17-33(23-14-13-21-11-9-10-12-22(21)18-23)29(37)27-32-16-15-31(7-2,40-32)26(30(38)39-8-3)25(32)28(36)34(27)24(19-35)20(4)5/h6,9-14,18,20,24-27,35H,1,7-8,15-17,19H2,2-5H3/t24-,25-,26+,27?,31-,32?/m0/s1. The predicted octanol–water partition coefficient (Wildman–Crippen LogP) is 4.09. The van der Waals surface area contributed by atoms with Crippen molar-refractivity contribution < 1.29 is 29.0 Å². The number of hydrogen-bond donors (Lipinski definition) is 1. The van der Waals surface area contributed by atoms with Crippen LogP contribution < -0.4 is 4.90 Å². The number of ether oxygens (including phenoxy) is 2. The fourth-order valence-electron chi connectivity index (χ4n) is 7.45. The van der Waals surface area contributed by atoms with Gasteiger partial charge < -0.3 is 24.4 Å². The summed E-state index contributed by atoms with van der Waals surface area (Å²) in [6.07, 6.45) is 3.21. The number of fused-ring (bicyclic) bond motifs is 2. The molecule has 3 aliphatic rings. The number of likely N-dealkylation sites (tertiary alicyclic amines) is 1. The molecule has 0 aromatic heterocycles. The molecule has 40 heavy (non-hydrogen) atoms. The minimum atomic E-state index is -1.19. The molecule has 2 aromatic carbocycles. The summed E-state index contributed by atoms with van der Waals surface area (Å²) in [5, 5.41) is 12.5. The maximum absolute atomic E-state index is 14.8. The molecule has 3 aliphatic heterocycles. The van der Waals surface area contributed by atoms with E-state index in [2.05, 4.69) is 6.58 Å². The van der Waals surface area contributed by atoms with Crippen LogP contribution in [0.1, 0.15) is 47.0 Å². The zero-order valence-electron chi connectivity index (χ0n) is 23.8. The van der Waals surface area contributed by atoms with E-state index in [0.29, 0.717) is 24.9 Å². The van der Waals surface area contributed by atoms with Gasteiger partial charge in [0, 0.05) is 12.2 Å². The molecular weight excluding hydrogens is 508 g/mol. The van der Waals surface area contributed by atoms with Gasteiger partial charge in [-0.15, -0.1) is 6.58 Å². The molecule has 0 saturated carbocycles. The van der Waals surface area contributed by atoms with Crippen LogP contribution in [0.2, 0.25) is 0 Å². The molecule has 3 saturated heterocycles. The Morgan fingerprint density at radius 1 is 1.20 bits per heavy atom. The van der Waals surface area contributed by atoms with Gasteiger partial charge in [-0.2, -0.15) is 0 Å². The van der Waals surface area contributed by atoms with Crippen LogP contribution in [0, 0.1) is 17.8 Å². The van der Waals surface area contributed by atoms with Crippen LogP contribution in [-0.4, -0.2) is 70.8 Å². The Kier molecular flexibility index (Phi) is 7.52. The average Bonchev–Trinajstić information content (AvgIpc) is 3.55. The lowest BCUT2D eigenvalue weighted by atomic mass is 9.65. The van der Waals surface area contributed by atoms with Gasteiger partial charge in [-0.1, -0.05) is 57.2 Å². The first kappa shape index (κ1) is 28.3. The molecule has 1 N–H and O–H groups in total. The second-order valence-corrected chi connectivity index (χ2v) is 11.6. The Labute approximate surface area is 235 Å². The number of aliphatic hydroxyl groups excluding tert-OH is 1. The van der Waals surface area contributed by atoms with E-state index in [1.54, 1.807) is 17.9 Å². The van der Waals surface area contributed by atoms with Crippen molar-refractivity contribution in [1.29, 1.82) is 0 Å². The Morgan fingerprint density at radius 3 is 2.55 bits per heavy atom. The van der Waals surface area contributed by atoms with Gasteiger partial charge in [0.25, 0.3) is 5.91 Å². The van der Waals surface area contributed by atoms with E-state index in [4.69, 9.17) is 9.47 Å². The van der Waals surface area contributed by atoms with Crippen molar-refractivity contribution in [2.24, 2.45) is 17.8 Å². The number of amides is 2. The highest BCUT2D eigenvalue weighted by molar-refractivity contribution is 6.05. The summed E-state index contributed by atoms with van der Waals surface area (Å²) < 4.78 is 12.3. The minimum Gasteiger partial charge on any atom is -0.466 e. The first-order valence-electron chi connectivity index (χ1n) is 14.4. The third kappa shape index (κ3) is 4.06. The summed E-state index contributed by atoms with van der Waals surface area (Å²) in [6.45, 7) is 11.5. The largest absolute Gasteiger partial charge is 0.466 e. The highest BCUT2D eigenvalue weighted by Gasteiger charge is 2.79. The molecule has 0 radical (unpaired) electrons. The van der Waals surface area contributed by atoms with Crippen molar-refractivity contribution in [2.45, 2.75) is 70.2 Å². The molecule has 2 unspecified atom stereocenters. The maximum Gasteiger partial charge on any atom is 0.312 e. The highest BCUT2D eigenvalue weighted by Crippen LogP contribution is 2.65. The minimum absolute atomic E-state index is 0.133. The Bertz CT molecular complexity index is 1330. The molecule has 2 amide bonds. The molecule has 3 heterocycles. The van der Waals surface area contributed by atoms with E-state index in [-0.39, 0.29) is 37.5 Å². The lowest BCUT2D eigenvalue weighted by molar-refractivity contribution is -0.162. The molecule has 214 valence electrons. The number of aliphatic hydroxyl groups is 1. The smallest absolute Gasteiger partial charge is 0.312 e. The molecule has 2 aromatic rings. The molecule has 1 spiro atoms. The molecule has 2 bridgehead atoms. The van der Waals surface area contributed by atoms with E-state index >= 15 is 0 Å². The van der Waals surface area contributed by atoms with Crippen LogP contribution >= 0.6 is 0 Å². The number of benzene rings is 2. The highest BCUT2D eigenvalue weighted by atomic mass is 16.6. The molecular formula is C32H40N2O6. The van der Waals surface area contributed by atoms with Crippen LogP contribution in [0.5, 0.6) is 0 Å². The normalized spacial score (nSPS) is 29.6. The van der Waals surface area contributed by atoms with E-state index in [1.165, 1.54) is 4.90 Å². The van der Waals surface area contributed by atoms with Crippen LogP contribution in [0.4, 0.5) is 5.69 Å². The van der Waals surface area contributed by atoms with E-state index < -0.39 is 41.1 Å². The van der Waals surface area contributed by atoms with Gasteiger partial charge in [0.1, 0.15) is 17.6 Å².